The molecular weight excluding hydrogens is 136 g/mol. The van der Waals surface area contributed by atoms with E-state index < -0.39 is 0 Å². The highest BCUT2D eigenvalue weighted by molar-refractivity contribution is 4.98. The molecular formula is C9H16N2. The molecule has 0 amide bonds. The van der Waals surface area contributed by atoms with Gasteiger partial charge < -0.3 is 5.01 Å². The van der Waals surface area contributed by atoms with Crippen molar-refractivity contribution in [3.05, 3.63) is 12.3 Å². The average Bonchev–Trinajstić information content (AvgIpc) is 2.55. The van der Waals surface area contributed by atoms with E-state index >= 15 is 0 Å². The van der Waals surface area contributed by atoms with Gasteiger partial charge in [0.15, 0.2) is 0 Å². The summed E-state index contributed by atoms with van der Waals surface area (Å²) in [5, 5.41) is 4.84. The summed E-state index contributed by atoms with van der Waals surface area (Å²) in [6.07, 6.45) is 5.24. The van der Waals surface area contributed by atoms with E-state index in [4.69, 9.17) is 0 Å². The molecule has 0 aliphatic carbocycles. The topological polar surface area (TPSA) is 6.48 Å². The number of allylic oxidation sites excluding steroid dienone is 1. The highest BCUT2D eigenvalue weighted by Gasteiger charge is 2.23. The van der Waals surface area contributed by atoms with Gasteiger partial charge in [0, 0.05) is 25.3 Å². The first kappa shape index (κ1) is 7.17. The average molecular weight is 152 g/mol. The summed E-state index contributed by atoms with van der Waals surface area (Å²) >= 11 is 0. The Labute approximate surface area is 68.4 Å². The summed E-state index contributed by atoms with van der Waals surface area (Å²) < 4.78 is 0. The van der Waals surface area contributed by atoms with E-state index in [1.807, 2.05) is 0 Å². The Balaban J connectivity index is 1.97. The summed E-state index contributed by atoms with van der Waals surface area (Å²) in [4.78, 5) is 0. The van der Waals surface area contributed by atoms with Gasteiger partial charge in [0.05, 0.1) is 0 Å². The molecule has 0 spiro atoms. The van der Waals surface area contributed by atoms with Gasteiger partial charge in [-0.2, -0.15) is 0 Å². The van der Waals surface area contributed by atoms with Crippen molar-refractivity contribution in [1.29, 1.82) is 0 Å². The minimum atomic E-state index is 1.20. The highest BCUT2D eigenvalue weighted by atomic mass is 15.6. The zero-order valence-corrected chi connectivity index (χ0v) is 7.05. The van der Waals surface area contributed by atoms with Gasteiger partial charge >= 0.3 is 0 Å². The van der Waals surface area contributed by atoms with Crippen molar-refractivity contribution in [3.8, 4) is 0 Å². The van der Waals surface area contributed by atoms with Gasteiger partial charge in [-0.1, -0.05) is 6.58 Å². The maximum absolute atomic E-state index is 4.06. The van der Waals surface area contributed by atoms with E-state index in [1.165, 1.54) is 51.0 Å². The Morgan fingerprint density at radius 1 is 1.00 bits per heavy atom. The predicted octanol–water partition coefficient (Wildman–Crippen LogP) is 1.61. The molecule has 0 aromatic carbocycles. The van der Waals surface area contributed by atoms with E-state index in [-0.39, 0.29) is 0 Å². The molecule has 2 aliphatic rings. The third-order valence-corrected chi connectivity index (χ3v) is 2.62. The molecule has 2 fully saturated rings. The minimum absolute atomic E-state index is 1.20. The number of hydrogen-bond donors (Lipinski definition) is 0. The van der Waals surface area contributed by atoms with E-state index in [9.17, 15) is 0 Å². The van der Waals surface area contributed by atoms with Crippen LogP contribution in [0, 0.1) is 0 Å². The van der Waals surface area contributed by atoms with Crippen LogP contribution in [0.3, 0.4) is 0 Å². The summed E-state index contributed by atoms with van der Waals surface area (Å²) in [5.74, 6) is 0. The quantitative estimate of drug-likeness (QED) is 0.563. The molecule has 11 heavy (non-hydrogen) atoms. The highest BCUT2D eigenvalue weighted by Crippen LogP contribution is 2.23. The van der Waals surface area contributed by atoms with Crippen LogP contribution in [0.25, 0.3) is 0 Å². The van der Waals surface area contributed by atoms with Crippen LogP contribution in [-0.2, 0) is 0 Å². The summed E-state index contributed by atoms with van der Waals surface area (Å²) in [7, 11) is 0. The third-order valence-electron chi connectivity index (χ3n) is 2.62. The molecule has 0 saturated carbocycles. The fourth-order valence-electron chi connectivity index (χ4n) is 2.00. The molecule has 0 N–H and O–H groups in total. The van der Waals surface area contributed by atoms with E-state index in [1.54, 1.807) is 0 Å². The lowest BCUT2D eigenvalue weighted by atomic mass is 10.3. The van der Waals surface area contributed by atoms with Crippen LogP contribution in [0.15, 0.2) is 12.3 Å². The predicted molar refractivity (Wildman–Crippen MR) is 45.9 cm³/mol. The molecule has 2 aliphatic heterocycles. The van der Waals surface area contributed by atoms with Crippen LogP contribution in [0.5, 0.6) is 0 Å². The molecule has 0 atom stereocenters. The number of hydrazine groups is 1. The lowest BCUT2D eigenvalue weighted by Gasteiger charge is -2.29. The van der Waals surface area contributed by atoms with E-state index in [0.29, 0.717) is 0 Å². The fraction of sp³-hybridized carbons (Fsp3) is 0.778. The van der Waals surface area contributed by atoms with Crippen molar-refractivity contribution in [1.82, 2.24) is 10.0 Å². The summed E-state index contributed by atoms with van der Waals surface area (Å²) in [6.45, 7) is 7.77. The van der Waals surface area contributed by atoms with Crippen molar-refractivity contribution in [2.45, 2.75) is 25.7 Å². The first-order valence-corrected chi connectivity index (χ1v) is 4.58. The molecule has 0 unspecified atom stereocenters. The van der Waals surface area contributed by atoms with Crippen molar-refractivity contribution in [3.63, 3.8) is 0 Å². The maximum atomic E-state index is 4.06. The first-order valence-electron chi connectivity index (χ1n) is 4.58. The lowest BCUT2D eigenvalue weighted by Crippen LogP contribution is -2.36. The standard InChI is InChI=1S/C9H16N2/c1-9-5-4-8-11(9)10-6-2-3-7-10/h1-8H2. The van der Waals surface area contributed by atoms with Crippen LogP contribution in [-0.4, -0.2) is 29.7 Å². The SMILES string of the molecule is C=C1CCCN1N1CCCC1. The Bertz CT molecular complexity index is 159. The first-order chi connectivity index (χ1) is 5.38. The van der Waals surface area contributed by atoms with Gasteiger partial charge in [-0.15, -0.1) is 0 Å². The van der Waals surface area contributed by atoms with E-state index in [2.05, 4.69) is 16.6 Å². The molecule has 0 aromatic rings. The van der Waals surface area contributed by atoms with Gasteiger partial charge in [0.2, 0.25) is 0 Å². The summed E-state index contributed by atoms with van der Waals surface area (Å²) in [5.41, 5.74) is 1.33. The molecule has 0 aromatic heterocycles. The second-order valence-corrected chi connectivity index (χ2v) is 3.45. The molecule has 0 radical (unpaired) electrons. The zero-order chi connectivity index (χ0) is 7.68. The van der Waals surface area contributed by atoms with Crippen LogP contribution in [0.1, 0.15) is 25.7 Å². The van der Waals surface area contributed by atoms with Gasteiger partial charge in [-0.25, -0.2) is 5.01 Å². The number of nitrogens with zero attached hydrogens (tertiary/aromatic N) is 2. The van der Waals surface area contributed by atoms with Crippen molar-refractivity contribution in [2.75, 3.05) is 19.6 Å². The van der Waals surface area contributed by atoms with Crippen LogP contribution in [0.4, 0.5) is 0 Å². The molecule has 2 saturated heterocycles. The molecule has 2 nitrogen and oxygen atoms in total. The lowest BCUT2D eigenvalue weighted by molar-refractivity contribution is 0.0516. The smallest absolute Gasteiger partial charge is 0.0346 e. The fourth-order valence-corrected chi connectivity index (χ4v) is 2.00. The Morgan fingerprint density at radius 2 is 1.73 bits per heavy atom. The van der Waals surface area contributed by atoms with Crippen molar-refractivity contribution < 1.29 is 0 Å². The molecule has 0 bridgehead atoms. The van der Waals surface area contributed by atoms with E-state index in [0.717, 1.165) is 0 Å². The Morgan fingerprint density at radius 3 is 2.27 bits per heavy atom. The molecule has 2 rings (SSSR count). The monoisotopic (exact) mass is 152 g/mol. The van der Waals surface area contributed by atoms with Crippen molar-refractivity contribution >= 4 is 0 Å². The van der Waals surface area contributed by atoms with Gasteiger partial charge in [0.25, 0.3) is 0 Å². The second-order valence-electron chi connectivity index (χ2n) is 3.45. The van der Waals surface area contributed by atoms with Crippen LogP contribution < -0.4 is 0 Å². The molecule has 2 heterocycles. The Kier molecular flexibility index (Phi) is 1.86. The van der Waals surface area contributed by atoms with Crippen LogP contribution in [0.2, 0.25) is 0 Å². The summed E-state index contributed by atoms with van der Waals surface area (Å²) in [6, 6.07) is 0. The molecule has 62 valence electrons. The third kappa shape index (κ3) is 1.27. The molecule has 2 heteroatoms. The maximum Gasteiger partial charge on any atom is 0.0346 e. The van der Waals surface area contributed by atoms with Gasteiger partial charge in [0.1, 0.15) is 0 Å². The second kappa shape index (κ2) is 2.86. The number of rotatable bonds is 1. The number of hydrogen-bond acceptors (Lipinski definition) is 2. The zero-order valence-electron chi connectivity index (χ0n) is 7.05. The van der Waals surface area contributed by atoms with Gasteiger partial charge in [-0.3, -0.25) is 0 Å². The largest absolute Gasteiger partial charge is 0.311 e. The normalized spacial score (nSPS) is 26.9. The minimum Gasteiger partial charge on any atom is -0.311 e. The van der Waals surface area contributed by atoms with Crippen molar-refractivity contribution in [2.24, 2.45) is 0 Å². The van der Waals surface area contributed by atoms with Crippen LogP contribution >= 0.6 is 0 Å². The Hall–Kier alpha value is -0.500. The van der Waals surface area contributed by atoms with Gasteiger partial charge in [-0.05, 0) is 25.7 Å².